The monoisotopic (exact) mass is 319 g/mol. The second-order valence-corrected chi connectivity index (χ2v) is 5.25. The zero-order valence-electron chi connectivity index (χ0n) is 13.2. The van der Waals surface area contributed by atoms with Crippen molar-refractivity contribution >= 4 is 5.91 Å². The van der Waals surface area contributed by atoms with Crippen LogP contribution in [0.4, 0.5) is 0 Å². The van der Waals surface area contributed by atoms with Gasteiger partial charge in [-0.25, -0.2) is 4.98 Å². The molecule has 0 aliphatic heterocycles. The molecule has 0 unspecified atom stereocenters. The van der Waals surface area contributed by atoms with Crippen LogP contribution in [0.5, 0.6) is 11.6 Å². The van der Waals surface area contributed by atoms with Crippen LogP contribution in [-0.2, 0) is 0 Å². The molecule has 3 aromatic rings. The summed E-state index contributed by atoms with van der Waals surface area (Å²) in [6, 6.07) is 16.3. The van der Waals surface area contributed by atoms with Crippen LogP contribution < -0.4 is 10.1 Å². The molecule has 0 saturated heterocycles. The maximum atomic E-state index is 12.6. The van der Waals surface area contributed by atoms with Gasteiger partial charge in [-0.2, -0.15) is 0 Å². The van der Waals surface area contributed by atoms with Gasteiger partial charge < -0.3 is 10.1 Å². The molecule has 1 amide bonds. The number of carbonyl (C=O) groups is 1. The Bertz CT molecular complexity index is 807. The number of rotatable bonds is 5. The zero-order valence-corrected chi connectivity index (χ0v) is 13.2. The molecule has 0 radical (unpaired) electrons. The number of aromatic nitrogens is 2. The predicted octanol–water partition coefficient (Wildman–Crippen LogP) is 3.76. The standard InChI is InChI=1S/C19H17N3O2/c1-14(15-9-12-20-13-10-15)22-18(23)17-8-5-11-21-19(17)24-16-6-3-2-4-7-16/h2-14H,1H3,(H,22,23)/t14-/m0/s1. The fourth-order valence-corrected chi connectivity index (χ4v) is 2.25. The summed E-state index contributed by atoms with van der Waals surface area (Å²) in [5.41, 5.74) is 1.37. The van der Waals surface area contributed by atoms with E-state index in [-0.39, 0.29) is 17.8 Å². The molecule has 3 rings (SSSR count). The summed E-state index contributed by atoms with van der Waals surface area (Å²) in [7, 11) is 0. The number of pyridine rings is 2. The summed E-state index contributed by atoms with van der Waals surface area (Å²) in [5, 5.41) is 2.95. The molecule has 0 aliphatic rings. The largest absolute Gasteiger partial charge is 0.438 e. The number of amides is 1. The van der Waals surface area contributed by atoms with Gasteiger partial charge in [0, 0.05) is 18.6 Å². The van der Waals surface area contributed by atoms with Gasteiger partial charge in [-0.3, -0.25) is 9.78 Å². The van der Waals surface area contributed by atoms with Gasteiger partial charge >= 0.3 is 0 Å². The lowest BCUT2D eigenvalue weighted by atomic mass is 10.1. The van der Waals surface area contributed by atoms with Gasteiger partial charge in [-0.15, -0.1) is 0 Å². The summed E-state index contributed by atoms with van der Waals surface area (Å²) in [6.07, 6.45) is 5.00. The van der Waals surface area contributed by atoms with E-state index in [2.05, 4.69) is 15.3 Å². The number of hydrogen-bond donors (Lipinski definition) is 1. The molecule has 0 bridgehead atoms. The second-order valence-electron chi connectivity index (χ2n) is 5.25. The molecule has 120 valence electrons. The summed E-state index contributed by atoms with van der Waals surface area (Å²) < 4.78 is 5.74. The van der Waals surface area contributed by atoms with E-state index >= 15 is 0 Å². The first kappa shape index (κ1) is 15.7. The van der Waals surface area contributed by atoms with Crippen LogP contribution in [0.1, 0.15) is 28.9 Å². The van der Waals surface area contributed by atoms with Gasteiger partial charge in [0.25, 0.3) is 5.91 Å². The summed E-state index contributed by atoms with van der Waals surface area (Å²) in [5.74, 6) is 0.675. The van der Waals surface area contributed by atoms with Crippen molar-refractivity contribution in [2.75, 3.05) is 0 Å². The SMILES string of the molecule is C[C@H](NC(=O)c1cccnc1Oc1ccccc1)c1ccncc1. The number of benzene rings is 1. The maximum Gasteiger partial charge on any atom is 0.257 e. The molecule has 0 saturated carbocycles. The van der Waals surface area contributed by atoms with Crippen LogP contribution >= 0.6 is 0 Å². The van der Waals surface area contributed by atoms with Gasteiger partial charge in [-0.1, -0.05) is 18.2 Å². The van der Waals surface area contributed by atoms with Gasteiger partial charge in [0.1, 0.15) is 11.3 Å². The Morgan fingerprint density at radius 2 is 1.75 bits per heavy atom. The predicted molar refractivity (Wildman–Crippen MR) is 90.9 cm³/mol. The Hall–Kier alpha value is -3.21. The van der Waals surface area contributed by atoms with E-state index in [1.807, 2.05) is 49.4 Å². The average molecular weight is 319 g/mol. The molecular formula is C19H17N3O2. The molecule has 0 fully saturated rings. The summed E-state index contributed by atoms with van der Waals surface area (Å²) >= 11 is 0. The van der Waals surface area contributed by atoms with E-state index in [1.54, 1.807) is 30.7 Å². The molecule has 2 heterocycles. The quantitative estimate of drug-likeness (QED) is 0.777. The van der Waals surface area contributed by atoms with Gasteiger partial charge in [0.05, 0.1) is 6.04 Å². The Balaban J connectivity index is 1.78. The number of para-hydroxylation sites is 1. The zero-order chi connectivity index (χ0) is 16.8. The molecular weight excluding hydrogens is 302 g/mol. The second kappa shape index (κ2) is 7.37. The third kappa shape index (κ3) is 3.76. The molecule has 0 aliphatic carbocycles. The van der Waals surface area contributed by atoms with Crippen molar-refractivity contribution in [2.45, 2.75) is 13.0 Å². The molecule has 1 atom stereocenters. The molecule has 1 aromatic carbocycles. The minimum Gasteiger partial charge on any atom is -0.438 e. The Morgan fingerprint density at radius 3 is 2.50 bits per heavy atom. The highest BCUT2D eigenvalue weighted by Gasteiger charge is 2.17. The van der Waals surface area contributed by atoms with Crippen LogP contribution in [0.25, 0.3) is 0 Å². The highest BCUT2D eigenvalue weighted by atomic mass is 16.5. The van der Waals surface area contributed by atoms with Crippen LogP contribution in [0.15, 0.2) is 73.2 Å². The molecule has 24 heavy (non-hydrogen) atoms. The van der Waals surface area contributed by atoms with E-state index < -0.39 is 0 Å². The lowest BCUT2D eigenvalue weighted by Gasteiger charge is -2.15. The summed E-state index contributed by atoms with van der Waals surface area (Å²) in [4.78, 5) is 20.8. The average Bonchev–Trinajstić information content (AvgIpc) is 2.63. The van der Waals surface area contributed by atoms with Crippen LogP contribution in [-0.4, -0.2) is 15.9 Å². The Morgan fingerprint density at radius 1 is 1.00 bits per heavy atom. The van der Waals surface area contributed by atoms with Crippen molar-refractivity contribution in [1.29, 1.82) is 0 Å². The fourth-order valence-electron chi connectivity index (χ4n) is 2.25. The van der Waals surface area contributed by atoms with Gasteiger partial charge in [-0.05, 0) is 48.9 Å². The van der Waals surface area contributed by atoms with Crippen molar-refractivity contribution in [1.82, 2.24) is 15.3 Å². The van der Waals surface area contributed by atoms with Crippen LogP contribution in [0, 0.1) is 0 Å². The van der Waals surface area contributed by atoms with E-state index in [9.17, 15) is 4.79 Å². The van der Waals surface area contributed by atoms with Crippen molar-refractivity contribution in [3.63, 3.8) is 0 Å². The van der Waals surface area contributed by atoms with Crippen molar-refractivity contribution in [2.24, 2.45) is 0 Å². The van der Waals surface area contributed by atoms with Gasteiger partial charge in [0.15, 0.2) is 0 Å². The minimum absolute atomic E-state index is 0.148. The first-order valence-corrected chi connectivity index (χ1v) is 7.63. The number of ether oxygens (including phenoxy) is 1. The first-order valence-electron chi connectivity index (χ1n) is 7.63. The van der Waals surface area contributed by atoms with Gasteiger partial charge in [0.2, 0.25) is 5.88 Å². The number of hydrogen-bond acceptors (Lipinski definition) is 4. The van der Waals surface area contributed by atoms with Crippen LogP contribution in [0.3, 0.4) is 0 Å². The number of nitrogens with zero attached hydrogens (tertiary/aromatic N) is 2. The highest BCUT2D eigenvalue weighted by molar-refractivity contribution is 5.96. The van der Waals surface area contributed by atoms with E-state index in [4.69, 9.17) is 4.74 Å². The van der Waals surface area contributed by atoms with E-state index in [1.165, 1.54) is 0 Å². The Kier molecular flexibility index (Phi) is 4.81. The van der Waals surface area contributed by atoms with Crippen molar-refractivity contribution in [3.05, 3.63) is 84.3 Å². The fraction of sp³-hybridized carbons (Fsp3) is 0.105. The maximum absolute atomic E-state index is 12.6. The third-order valence-corrected chi connectivity index (χ3v) is 3.53. The molecule has 0 spiro atoms. The molecule has 2 aromatic heterocycles. The molecule has 5 heteroatoms. The van der Waals surface area contributed by atoms with E-state index in [0.717, 1.165) is 5.56 Å². The molecule has 5 nitrogen and oxygen atoms in total. The third-order valence-electron chi connectivity index (χ3n) is 3.53. The highest BCUT2D eigenvalue weighted by Crippen LogP contribution is 2.23. The van der Waals surface area contributed by atoms with Crippen molar-refractivity contribution in [3.8, 4) is 11.6 Å². The smallest absolute Gasteiger partial charge is 0.257 e. The van der Waals surface area contributed by atoms with Crippen molar-refractivity contribution < 1.29 is 9.53 Å². The minimum atomic E-state index is -0.238. The number of carbonyl (C=O) groups excluding carboxylic acids is 1. The molecule has 1 N–H and O–H groups in total. The topological polar surface area (TPSA) is 64.1 Å². The summed E-state index contributed by atoms with van der Waals surface area (Å²) in [6.45, 7) is 1.92. The van der Waals surface area contributed by atoms with Crippen LogP contribution in [0.2, 0.25) is 0 Å². The normalized spacial score (nSPS) is 11.5. The lowest BCUT2D eigenvalue weighted by Crippen LogP contribution is -2.27. The number of nitrogens with one attached hydrogen (secondary N) is 1. The van der Waals surface area contributed by atoms with E-state index in [0.29, 0.717) is 11.3 Å². The first-order chi connectivity index (χ1) is 11.7. The lowest BCUT2D eigenvalue weighted by molar-refractivity contribution is 0.0937. The Labute approximate surface area is 140 Å².